The largest absolute Gasteiger partial charge is 0.381 e. The van der Waals surface area contributed by atoms with Crippen LogP contribution in [-0.2, 0) is 14.3 Å². The van der Waals surface area contributed by atoms with Gasteiger partial charge >= 0.3 is 0 Å². The maximum absolute atomic E-state index is 12.9. The zero-order valence-corrected chi connectivity index (χ0v) is 16.7. The molecule has 0 aromatic heterocycles. The van der Waals surface area contributed by atoms with Crippen molar-refractivity contribution < 1.29 is 14.3 Å². The molecule has 1 unspecified atom stereocenters. The third kappa shape index (κ3) is 6.31. The predicted octanol–water partition coefficient (Wildman–Crippen LogP) is 2.26. The highest BCUT2D eigenvalue weighted by molar-refractivity contribution is 5.79. The van der Waals surface area contributed by atoms with E-state index in [1.807, 2.05) is 23.1 Å². The number of hydrogen-bond donors (Lipinski definition) is 2. The van der Waals surface area contributed by atoms with Crippen molar-refractivity contribution in [1.82, 2.24) is 15.5 Å². The molecule has 1 aromatic rings. The highest BCUT2D eigenvalue weighted by atomic mass is 16.5. The number of amides is 2. The fourth-order valence-corrected chi connectivity index (χ4v) is 3.99. The van der Waals surface area contributed by atoms with Gasteiger partial charge in [-0.25, -0.2) is 0 Å². The third-order valence-corrected chi connectivity index (χ3v) is 5.65. The molecule has 1 aromatic carbocycles. The first-order valence-corrected chi connectivity index (χ1v) is 10.7. The number of nitrogens with zero attached hydrogens (tertiary/aromatic N) is 1. The van der Waals surface area contributed by atoms with E-state index in [0.29, 0.717) is 32.7 Å². The van der Waals surface area contributed by atoms with Gasteiger partial charge in [-0.05, 0) is 44.2 Å². The van der Waals surface area contributed by atoms with Crippen LogP contribution in [0.4, 0.5) is 0 Å². The van der Waals surface area contributed by atoms with Crippen molar-refractivity contribution in [1.29, 1.82) is 0 Å². The van der Waals surface area contributed by atoms with Crippen molar-refractivity contribution >= 4 is 11.8 Å². The summed E-state index contributed by atoms with van der Waals surface area (Å²) in [6.07, 6.45) is 4.85. The van der Waals surface area contributed by atoms with E-state index in [0.717, 1.165) is 50.8 Å². The standard InChI is InChI=1S/C22H33N3O3/c26-21-17-20(18-7-2-1-3-8-18)23-11-4-5-13-25(14-6-12-24-21)22(27)19-9-15-28-16-10-19/h1-3,7-8,19-20,23H,4-6,9-17H2,(H,24,26). The molecule has 28 heavy (non-hydrogen) atoms. The molecular weight excluding hydrogens is 354 g/mol. The molecule has 2 aliphatic rings. The smallest absolute Gasteiger partial charge is 0.225 e. The highest BCUT2D eigenvalue weighted by Gasteiger charge is 2.26. The summed E-state index contributed by atoms with van der Waals surface area (Å²) in [7, 11) is 0. The molecule has 2 N–H and O–H groups in total. The van der Waals surface area contributed by atoms with Crippen LogP contribution in [0.15, 0.2) is 30.3 Å². The first-order chi connectivity index (χ1) is 13.7. The monoisotopic (exact) mass is 387 g/mol. The van der Waals surface area contributed by atoms with E-state index in [4.69, 9.17) is 4.74 Å². The minimum Gasteiger partial charge on any atom is -0.381 e. The van der Waals surface area contributed by atoms with Crippen molar-refractivity contribution in [2.45, 2.75) is 44.6 Å². The van der Waals surface area contributed by atoms with Gasteiger partial charge in [-0.15, -0.1) is 0 Å². The van der Waals surface area contributed by atoms with E-state index >= 15 is 0 Å². The molecule has 1 atom stereocenters. The van der Waals surface area contributed by atoms with Crippen LogP contribution in [0.3, 0.4) is 0 Å². The van der Waals surface area contributed by atoms with Crippen LogP contribution in [0.1, 0.15) is 50.1 Å². The first-order valence-electron chi connectivity index (χ1n) is 10.7. The first kappa shape index (κ1) is 20.8. The summed E-state index contributed by atoms with van der Waals surface area (Å²) < 4.78 is 5.39. The Hall–Kier alpha value is -1.92. The second-order valence-electron chi connectivity index (χ2n) is 7.74. The minimum atomic E-state index is 0.0296. The molecule has 2 aliphatic heterocycles. The molecule has 0 saturated carbocycles. The van der Waals surface area contributed by atoms with Crippen LogP contribution < -0.4 is 10.6 Å². The van der Waals surface area contributed by atoms with Gasteiger partial charge in [-0.3, -0.25) is 9.59 Å². The quantitative estimate of drug-likeness (QED) is 0.817. The van der Waals surface area contributed by atoms with Crippen LogP contribution in [0.2, 0.25) is 0 Å². The Morgan fingerprint density at radius 2 is 1.75 bits per heavy atom. The van der Waals surface area contributed by atoms with Crippen molar-refractivity contribution in [3.05, 3.63) is 35.9 Å². The van der Waals surface area contributed by atoms with Crippen LogP contribution >= 0.6 is 0 Å². The van der Waals surface area contributed by atoms with Gasteiger partial charge in [0, 0.05) is 51.2 Å². The number of benzene rings is 1. The van der Waals surface area contributed by atoms with E-state index < -0.39 is 0 Å². The van der Waals surface area contributed by atoms with Crippen LogP contribution in [-0.4, -0.2) is 56.1 Å². The molecule has 2 saturated heterocycles. The average Bonchev–Trinajstić information content (AvgIpc) is 2.76. The lowest BCUT2D eigenvalue weighted by molar-refractivity contribution is -0.138. The van der Waals surface area contributed by atoms with Gasteiger partial charge in [-0.2, -0.15) is 0 Å². The lowest BCUT2D eigenvalue weighted by atomic mass is 9.98. The number of hydrogen-bond acceptors (Lipinski definition) is 4. The molecule has 2 heterocycles. The molecule has 0 aliphatic carbocycles. The Bertz CT molecular complexity index is 617. The number of nitrogens with one attached hydrogen (secondary N) is 2. The fraction of sp³-hybridized carbons (Fsp3) is 0.636. The van der Waals surface area contributed by atoms with Crippen LogP contribution in [0, 0.1) is 5.92 Å². The lowest BCUT2D eigenvalue weighted by Gasteiger charge is -2.29. The molecule has 0 bridgehead atoms. The van der Waals surface area contributed by atoms with Crippen molar-refractivity contribution in [2.75, 3.05) is 39.4 Å². The predicted molar refractivity (Wildman–Crippen MR) is 109 cm³/mol. The summed E-state index contributed by atoms with van der Waals surface area (Å²) in [5, 5.41) is 6.55. The number of ether oxygens (including phenoxy) is 1. The summed E-state index contributed by atoms with van der Waals surface area (Å²) in [5.41, 5.74) is 1.14. The summed E-state index contributed by atoms with van der Waals surface area (Å²) in [6.45, 7) is 4.33. The molecule has 6 heteroatoms. The van der Waals surface area contributed by atoms with Gasteiger partial charge in [0.15, 0.2) is 0 Å². The van der Waals surface area contributed by atoms with Gasteiger partial charge < -0.3 is 20.3 Å². The van der Waals surface area contributed by atoms with Gasteiger partial charge in [0.1, 0.15) is 0 Å². The zero-order chi connectivity index (χ0) is 19.6. The van der Waals surface area contributed by atoms with Crippen LogP contribution in [0.25, 0.3) is 0 Å². The summed E-state index contributed by atoms with van der Waals surface area (Å²) in [4.78, 5) is 27.3. The number of carbonyl (C=O) groups excluding carboxylic acids is 2. The molecule has 154 valence electrons. The molecular formula is C22H33N3O3. The van der Waals surface area contributed by atoms with E-state index in [1.54, 1.807) is 0 Å². The van der Waals surface area contributed by atoms with E-state index in [9.17, 15) is 9.59 Å². The summed E-state index contributed by atoms with van der Waals surface area (Å²) in [5.74, 6) is 0.419. The second-order valence-corrected chi connectivity index (χ2v) is 7.74. The summed E-state index contributed by atoms with van der Waals surface area (Å²) in [6, 6.07) is 10.2. The maximum atomic E-state index is 12.9. The van der Waals surface area contributed by atoms with E-state index in [1.165, 1.54) is 0 Å². The fourth-order valence-electron chi connectivity index (χ4n) is 3.99. The van der Waals surface area contributed by atoms with Crippen molar-refractivity contribution in [3.8, 4) is 0 Å². The van der Waals surface area contributed by atoms with E-state index in [2.05, 4.69) is 22.8 Å². The van der Waals surface area contributed by atoms with Gasteiger partial charge in [0.25, 0.3) is 0 Å². The summed E-state index contributed by atoms with van der Waals surface area (Å²) >= 11 is 0. The number of carbonyl (C=O) groups is 2. The number of rotatable bonds is 2. The maximum Gasteiger partial charge on any atom is 0.225 e. The Kier molecular flexibility index (Phi) is 8.30. The molecule has 6 nitrogen and oxygen atoms in total. The Morgan fingerprint density at radius 3 is 2.54 bits per heavy atom. The minimum absolute atomic E-state index is 0.0296. The third-order valence-electron chi connectivity index (χ3n) is 5.65. The zero-order valence-electron chi connectivity index (χ0n) is 16.7. The molecule has 0 spiro atoms. The van der Waals surface area contributed by atoms with Gasteiger partial charge in [0.2, 0.25) is 11.8 Å². The molecule has 2 fully saturated rings. The van der Waals surface area contributed by atoms with Crippen LogP contribution in [0.5, 0.6) is 0 Å². The molecule has 3 rings (SSSR count). The lowest BCUT2D eigenvalue weighted by Crippen LogP contribution is -2.40. The Labute approximate surface area is 168 Å². The Morgan fingerprint density at radius 1 is 1.00 bits per heavy atom. The van der Waals surface area contributed by atoms with E-state index in [-0.39, 0.29) is 23.8 Å². The topological polar surface area (TPSA) is 70.7 Å². The highest BCUT2D eigenvalue weighted by Crippen LogP contribution is 2.19. The SMILES string of the molecule is O=C1CC(c2ccccc2)NCCCCN(C(=O)C2CCOCC2)CCCN1. The molecule has 0 radical (unpaired) electrons. The molecule has 2 amide bonds. The van der Waals surface area contributed by atoms with Crippen molar-refractivity contribution in [3.63, 3.8) is 0 Å². The van der Waals surface area contributed by atoms with Gasteiger partial charge in [0.05, 0.1) is 0 Å². The van der Waals surface area contributed by atoms with Gasteiger partial charge in [-0.1, -0.05) is 30.3 Å². The normalized spacial score (nSPS) is 23.8. The average molecular weight is 388 g/mol. The van der Waals surface area contributed by atoms with Crippen molar-refractivity contribution in [2.24, 2.45) is 5.92 Å². The Balaban J connectivity index is 1.58. The second kappa shape index (κ2) is 11.2.